The summed E-state index contributed by atoms with van der Waals surface area (Å²) in [5, 5.41) is 32.4. The van der Waals surface area contributed by atoms with Gasteiger partial charge in [-0.1, -0.05) is 48.0 Å². The average molecular weight is 354 g/mol. The number of Topliss-reactive ketones (excluding diaryl/α,β-unsaturated/α-hetero) is 2. The summed E-state index contributed by atoms with van der Waals surface area (Å²) in [5.74, 6) is -2.49. The second-order valence-corrected chi connectivity index (χ2v) is 8.44. The molecule has 0 aliphatic heterocycles. The maximum atomic E-state index is 12.8. The summed E-state index contributed by atoms with van der Waals surface area (Å²) in [7, 11) is 0. The fourth-order valence-electron chi connectivity index (χ4n) is 3.34. The first-order valence-corrected chi connectivity index (χ1v) is 9.37. The Kier molecular flexibility index (Phi) is 7.39. The molecule has 3 N–H and O–H groups in total. The van der Waals surface area contributed by atoms with Gasteiger partial charge in [0.05, 0.1) is 12.0 Å². The number of aliphatic hydroxyl groups excluding tert-OH is 2. The van der Waals surface area contributed by atoms with Crippen LogP contribution in [0.15, 0.2) is 11.3 Å². The fourth-order valence-corrected chi connectivity index (χ4v) is 3.34. The summed E-state index contributed by atoms with van der Waals surface area (Å²) in [6.07, 6.45) is 0.604. The van der Waals surface area contributed by atoms with Crippen LogP contribution in [0, 0.1) is 23.7 Å². The standard InChI is InChI=1S/C20H34O5/c1-11(2)7-9-14-18(23)16(17(22)13(5)6)19(24)20(14,25)15(21)10-8-12(3)4/h11-15,21,24-25H,7-10H2,1-6H3/t14-,15+,20-/m1/s1. The third-order valence-electron chi connectivity index (χ3n) is 5.04. The van der Waals surface area contributed by atoms with Gasteiger partial charge in [-0.3, -0.25) is 9.59 Å². The predicted octanol–water partition coefficient (Wildman–Crippen LogP) is 3.19. The van der Waals surface area contributed by atoms with Gasteiger partial charge in [-0.2, -0.15) is 0 Å². The van der Waals surface area contributed by atoms with Crippen LogP contribution in [0.1, 0.15) is 67.2 Å². The number of aliphatic hydroxyl groups is 3. The van der Waals surface area contributed by atoms with Crippen molar-refractivity contribution in [2.75, 3.05) is 0 Å². The van der Waals surface area contributed by atoms with E-state index in [4.69, 9.17) is 0 Å². The van der Waals surface area contributed by atoms with Gasteiger partial charge in [-0.15, -0.1) is 0 Å². The van der Waals surface area contributed by atoms with Crippen LogP contribution in [0.4, 0.5) is 0 Å². The summed E-state index contributed by atoms with van der Waals surface area (Å²) in [4.78, 5) is 25.2. The summed E-state index contributed by atoms with van der Waals surface area (Å²) in [6.45, 7) is 11.3. The van der Waals surface area contributed by atoms with Gasteiger partial charge in [0.2, 0.25) is 0 Å². The lowest BCUT2D eigenvalue weighted by Crippen LogP contribution is -2.49. The molecule has 0 radical (unpaired) electrons. The molecule has 0 aromatic carbocycles. The van der Waals surface area contributed by atoms with Gasteiger partial charge >= 0.3 is 0 Å². The molecule has 1 aliphatic carbocycles. The Morgan fingerprint density at radius 1 is 1.04 bits per heavy atom. The van der Waals surface area contributed by atoms with E-state index >= 15 is 0 Å². The topological polar surface area (TPSA) is 94.8 Å². The van der Waals surface area contributed by atoms with Crippen molar-refractivity contribution < 1.29 is 24.9 Å². The summed E-state index contributed by atoms with van der Waals surface area (Å²) < 4.78 is 0. The fraction of sp³-hybridized carbons (Fsp3) is 0.800. The summed E-state index contributed by atoms with van der Waals surface area (Å²) >= 11 is 0. The van der Waals surface area contributed by atoms with Crippen LogP contribution < -0.4 is 0 Å². The lowest BCUT2D eigenvalue weighted by Gasteiger charge is -2.34. The molecule has 0 spiro atoms. The van der Waals surface area contributed by atoms with E-state index in [1.54, 1.807) is 13.8 Å². The van der Waals surface area contributed by atoms with E-state index in [1.165, 1.54) is 0 Å². The molecule has 0 saturated carbocycles. The quantitative estimate of drug-likeness (QED) is 0.553. The summed E-state index contributed by atoms with van der Waals surface area (Å²) in [5.41, 5.74) is -2.39. The van der Waals surface area contributed by atoms with Gasteiger partial charge in [0.25, 0.3) is 0 Å². The maximum Gasteiger partial charge on any atom is 0.176 e. The molecule has 1 aliphatic rings. The minimum atomic E-state index is -2.07. The Morgan fingerprint density at radius 3 is 2.00 bits per heavy atom. The molecule has 0 aromatic rings. The van der Waals surface area contributed by atoms with Crippen molar-refractivity contribution in [1.82, 2.24) is 0 Å². The smallest absolute Gasteiger partial charge is 0.176 e. The minimum Gasteiger partial charge on any atom is -0.508 e. The van der Waals surface area contributed by atoms with Crippen molar-refractivity contribution in [1.29, 1.82) is 0 Å². The highest BCUT2D eigenvalue weighted by Crippen LogP contribution is 2.44. The van der Waals surface area contributed by atoms with Crippen molar-refractivity contribution in [2.45, 2.75) is 78.9 Å². The van der Waals surface area contributed by atoms with Gasteiger partial charge in [0.15, 0.2) is 17.2 Å². The lowest BCUT2D eigenvalue weighted by molar-refractivity contribution is -0.137. The molecule has 0 fully saturated rings. The van der Waals surface area contributed by atoms with E-state index in [0.29, 0.717) is 31.1 Å². The number of hydrogen-bond donors (Lipinski definition) is 3. The van der Waals surface area contributed by atoms with Gasteiger partial charge in [0, 0.05) is 5.92 Å². The van der Waals surface area contributed by atoms with Crippen LogP contribution in [0.5, 0.6) is 0 Å². The molecule has 1 rings (SSSR count). The number of carbonyl (C=O) groups is 2. The molecule has 0 amide bonds. The normalized spacial score (nSPS) is 25.6. The first kappa shape index (κ1) is 21.8. The molecule has 144 valence electrons. The first-order valence-electron chi connectivity index (χ1n) is 9.37. The highest BCUT2D eigenvalue weighted by Gasteiger charge is 2.58. The molecule has 3 atom stereocenters. The zero-order chi connectivity index (χ0) is 19.5. The molecule has 25 heavy (non-hydrogen) atoms. The van der Waals surface area contributed by atoms with Crippen LogP contribution in [0.3, 0.4) is 0 Å². The van der Waals surface area contributed by atoms with Crippen LogP contribution >= 0.6 is 0 Å². The molecular formula is C20H34O5. The number of ketones is 2. The highest BCUT2D eigenvalue weighted by molar-refractivity contribution is 6.24. The minimum absolute atomic E-state index is 0.257. The van der Waals surface area contributed by atoms with Crippen molar-refractivity contribution in [3.8, 4) is 0 Å². The molecule has 0 aromatic heterocycles. The van der Waals surface area contributed by atoms with Crippen molar-refractivity contribution >= 4 is 11.6 Å². The van der Waals surface area contributed by atoms with E-state index in [2.05, 4.69) is 0 Å². The Morgan fingerprint density at radius 2 is 1.56 bits per heavy atom. The monoisotopic (exact) mass is 354 g/mol. The Bertz CT molecular complexity index is 532. The van der Waals surface area contributed by atoms with E-state index in [1.807, 2.05) is 27.7 Å². The average Bonchev–Trinajstić information content (AvgIpc) is 2.69. The van der Waals surface area contributed by atoms with Crippen molar-refractivity contribution in [2.24, 2.45) is 23.7 Å². The molecule has 0 bridgehead atoms. The lowest BCUT2D eigenvalue weighted by atomic mass is 9.78. The Hall–Kier alpha value is -1.20. The molecule has 5 nitrogen and oxygen atoms in total. The number of hydrogen-bond acceptors (Lipinski definition) is 5. The van der Waals surface area contributed by atoms with Crippen LogP contribution in [-0.4, -0.2) is 38.6 Å². The molecular weight excluding hydrogens is 320 g/mol. The number of allylic oxidation sites excluding steroid dienone is 1. The van der Waals surface area contributed by atoms with Crippen LogP contribution in [0.25, 0.3) is 0 Å². The van der Waals surface area contributed by atoms with Crippen molar-refractivity contribution in [3.63, 3.8) is 0 Å². The number of carbonyl (C=O) groups excluding carboxylic acids is 2. The predicted molar refractivity (Wildman–Crippen MR) is 97.1 cm³/mol. The van der Waals surface area contributed by atoms with Gasteiger partial charge < -0.3 is 15.3 Å². The number of rotatable bonds is 9. The summed E-state index contributed by atoms with van der Waals surface area (Å²) in [6, 6.07) is 0. The SMILES string of the molecule is CC(C)CC[C@@H]1C(=O)C(C(=O)C(C)C)=C(O)[C@]1(O)[C@@H](O)CCC(C)C. The van der Waals surface area contributed by atoms with Crippen LogP contribution in [-0.2, 0) is 9.59 Å². The maximum absolute atomic E-state index is 12.8. The van der Waals surface area contributed by atoms with Gasteiger partial charge in [0.1, 0.15) is 11.3 Å². The van der Waals surface area contributed by atoms with Crippen molar-refractivity contribution in [3.05, 3.63) is 11.3 Å². The zero-order valence-electron chi connectivity index (χ0n) is 16.4. The zero-order valence-corrected chi connectivity index (χ0v) is 16.4. The van der Waals surface area contributed by atoms with Gasteiger partial charge in [-0.25, -0.2) is 0 Å². The second-order valence-electron chi connectivity index (χ2n) is 8.44. The largest absolute Gasteiger partial charge is 0.508 e. The Labute approximate surface area is 151 Å². The van der Waals surface area contributed by atoms with E-state index < -0.39 is 40.9 Å². The van der Waals surface area contributed by atoms with Crippen LogP contribution in [0.2, 0.25) is 0 Å². The molecule has 5 heteroatoms. The Balaban J connectivity index is 3.27. The second kappa shape index (κ2) is 8.45. The molecule has 0 saturated heterocycles. The molecule has 0 heterocycles. The third-order valence-corrected chi connectivity index (χ3v) is 5.04. The van der Waals surface area contributed by atoms with Gasteiger partial charge in [-0.05, 0) is 31.1 Å². The molecule has 0 unspecified atom stereocenters. The van der Waals surface area contributed by atoms with E-state index in [-0.39, 0.29) is 12.0 Å². The van der Waals surface area contributed by atoms with E-state index in [0.717, 1.165) is 0 Å². The third kappa shape index (κ3) is 4.50. The van der Waals surface area contributed by atoms with E-state index in [9.17, 15) is 24.9 Å². The highest BCUT2D eigenvalue weighted by atomic mass is 16.4. The first-order chi connectivity index (χ1) is 11.4.